The molecule has 7 nitrogen and oxygen atoms in total. The molecule has 1 N–H and O–H groups in total. The number of hydrogen-bond acceptors (Lipinski definition) is 4. The summed E-state index contributed by atoms with van der Waals surface area (Å²) in [5, 5.41) is 2.64. The molecule has 4 amide bonds. The quantitative estimate of drug-likeness (QED) is 0.818. The first-order valence-electron chi connectivity index (χ1n) is 9.22. The Labute approximate surface area is 143 Å². The predicted molar refractivity (Wildman–Crippen MR) is 89.3 cm³/mol. The van der Waals surface area contributed by atoms with Crippen LogP contribution >= 0.6 is 0 Å². The molecule has 2 saturated heterocycles. The monoisotopic (exact) mass is 336 g/mol. The molecule has 3 fully saturated rings. The molecule has 0 aromatic heterocycles. The van der Waals surface area contributed by atoms with Crippen LogP contribution in [0.5, 0.6) is 0 Å². The molecule has 1 saturated carbocycles. The lowest BCUT2D eigenvalue weighted by atomic mass is 9.86. The van der Waals surface area contributed by atoms with Crippen LogP contribution in [0, 0.1) is 5.92 Å². The molecule has 0 unspecified atom stereocenters. The third-order valence-corrected chi connectivity index (χ3v) is 5.43. The van der Waals surface area contributed by atoms with Crippen molar-refractivity contribution in [2.75, 3.05) is 45.8 Å². The van der Waals surface area contributed by atoms with Crippen LogP contribution in [-0.2, 0) is 9.59 Å². The fourth-order valence-electron chi connectivity index (χ4n) is 3.91. The van der Waals surface area contributed by atoms with Gasteiger partial charge in [0.2, 0.25) is 11.8 Å². The minimum atomic E-state index is -0.290. The maximum Gasteiger partial charge on any atom is 0.324 e. The van der Waals surface area contributed by atoms with E-state index in [1.807, 2.05) is 9.80 Å². The van der Waals surface area contributed by atoms with E-state index in [1.54, 1.807) is 0 Å². The Balaban J connectivity index is 1.39. The summed E-state index contributed by atoms with van der Waals surface area (Å²) >= 11 is 0. The zero-order valence-electron chi connectivity index (χ0n) is 14.3. The van der Waals surface area contributed by atoms with Crippen molar-refractivity contribution in [1.29, 1.82) is 0 Å². The van der Waals surface area contributed by atoms with E-state index in [0.29, 0.717) is 51.6 Å². The normalized spacial score (nSPS) is 23.4. The molecule has 0 bridgehead atoms. The molecule has 1 aliphatic carbocycles. The number of carbonyl (C=O) groups excluding carboxylic acids is 3. The number of rotatable bonds is 4. The van der Waals surface area contributed by atoms with Gasteiger partial charge in [0, 0.05) is 45.7 Å². The fraction of sp³-hybridized carbons (Fsp3) is 0.824. The van der Waals surface area contributed by atoms with Gasteiger partial charge in [0.05, 0.1) is 6.54 Å². The first-order valence-corrected chi connectivity index (χ1v) is 9.22. The van der Waals surface area contributed by atoms with Gasteiger partial charge in [-0.25, -0.2) is 4.79 Å². The topological polar surface area (TPSA) is 73.0 Å². The molecule has 0 aromatic rings. The standard InChI is InChI=1S/C17H28N4O3/c22-15(12-14-4-2-1-3-5-14)20-10-8-19(9-11-20)13-16(23)21-7-6-18-17(21)24/h14H,1-13H2,(H,18,24). The summed E-state index contributed by atoms with van der Waals surface area (Å²) in [6.07, 6.45) is 6.91. The van der Waals surface area contributed by atoms with E-state index < -0.39 is 0 Å². The van der Waals surface area contributed by atoms with Crippen molar-refractivity contribution in [2.24, 2.45) is 5.92 Å². The Bertz CT molecular complexity index is 482. The summed E-state index contributed by atoms with van der Waals surface area (Å²) < 4.78 is 0. The fourth-order valence-corrected chi connectivity index (χ4v) is 3.91. The van der Waals surface area contributed by atoms with E-state index in [2.05, 4.69) is 5.32 Å². The molecule has 0 radical (unpaired) electrons. The summed E-state index contributed by atoms with van der Waals surface area (Å²) in [6, 6.07) is -0.290. The Morgan fingerprint density at radius 1 is 0.958 bits per heavy atom. The largest absolute Gasteiger partial charge is 0.340 e. The van der Waals surface area contributed by atoms with E-state index >= 15 is 0 Å². The van der Waals surface area contributed by atoms with E-state index in [9.17, 15) is 14.4 Å². The molecule has 3 aliphatic rings. The van der Waals surface area contributed by atoms with Gasteiger partial charge in [-0.1, -0.05) is 19.3 Å². The maximum atomic E-state index is 12.4. The van der Waals surface area contributed by atoms with Crippen LogP contribution in [0.2, 0.25) is 0 Å². The summed E-state index contributed by atoms with van der Waals surface area (Å²) in [6.45, 7) is 4.04. The Morgan fingerprint density at radius 3 is 2.29 bits per heavy atom. The molecule has 3 rings (SSSR count). The molecule has 24 heavy (non-hydrogen) atoms. The SMILES string of the molecule is O=C(CC1CCCCC1)N1CCN(CC(=O)N2CCNC2=O)CC1. The molecule has 0 spiro atoms. The number of nitrogens with zero attached hydrogens (tertiary/aromatic N) is 3. The van der Waals surface area contributed by atoms with Crippen LogP contribution in [0.1, 0.15) is 38.5 Å². The summed E-state index contributed by atoms with van der Waals surface area (Å²) in [5.41, 5.74) is 0. The minimum Gasteiger partial charge on any atom is -0.340 e. The van der Waals surface area contributed by atoms with Crippen LogP contribution in [0.3, 0.4) is 0 Å². The zero-order valence-corrected chi connectivity index (χ0v) is 14.3. The van der Waals surface area contributed by atoms with E-state index in [1.165, 1.54) is 37.0 Å². The summed E-state index contributed by atoms with van der Waals surface area (Å²) in [4.78, 5) is 41.3. The molecule has 0 atom stereocenters. The van der Waals surface area contributed by atoms with Crippen molar-refractivity contribution in [3.05, 3.63) is 0 Å². The van der Waals surface area contributed by atoms with Crippen LogP contribution < -0.4 is 5.32 Å². The Morgan fingerprint density at radius 2 is 1.67 bits per heavy atom. The molecular formula is C17H28N4O3. The molecule has 7 heteroatoms. The highest BCUT2D eigenvalue weighted by atomic mass is 16.2. The van der Waals surface area contributed by atoms with Gasteiger partial charge in [-0.05, 0) is 18.8 Å². The van der Waals surface area contributed by atoms with Crippen molar-refractivity contribution >= 4 is 17.8 Å². The van der Waals surface area contributed by atoms with Gasteiger partial charge < -0.3 is 10.2 Å². The highest BCUT2D eigenvalue weighted by Gasteiger charge is 2.29. The summed E-state index contributed by atoms with van der Waals surface area (Å²) in [5.74, 6) is 0.693. The number of hydrogen-bond donors (Lipinski definition) is 1. The molecule has 134 valence electrons. The van der Waals surface area contributed by atoms with Gasteiger partial charge in [-0.3, -0.25) is 19.4 Å². The van der Waals surface area contributed by atoms with E-state index in [4.69, 9.17) is 0 Å². The maximum absolute atomic E-state index is 12.4. The summed E-state index contributed by atoms with van der Waals surface area (Å²) in [7, 11) is 0. The van der Waals surface area contributed by atoms with Crippen molar-refractivity contribution in [2.45, 2.75) is 38.5 Å². The number of amides is 4. The zero-order chi connectivity index (χ0) is 16.9. The van der Waals surface area contributed by atoms with Crippen molar-refractivity contribution in [1.82, 2.24) is 20.0 Å². The van der Waals surface area contributed by atoms with Gasteiger partial charge in [0.15, 0.2) is 0 Å². The second kappa shape index (κ2) is 7.96. The van der Waals surface area contributed by atoms with Gasteiger partial charge in [0.25, 0.3) is 0 Å². The molecule has 2 heterocycles. The third kappa shape index (κ3) is 4.26. The highest BCUT2D eigenvalue weighted by Crippen LogP contribution is 2.27. The van der Waals surface area contributed by atoms with Crippen molar-refractivity contribution in [3.63, 3.8) is 0 Å². The average Bonchev–Trinajstić information content (AvgIpc) is 3.02. The Kier molecular flexibility index (Phi) is 5.71. The van der Waals surface area contributed by atoms with Crippen molar-refractivity contribution < 1.29 is 14.4 Å². The van der Waals surface area contributed by atoms with Crippen molar-refractivity contribution in [3.8, 4) is 0 Å². The van der Waals surface area contributed by atoms with Crippen LogP contribution in [0.15, 0.2) is 0 Å². The van der Waals surface area contributed by atoms with Gasteiger partial charge >= 0.3 is 6.03 Å². The first kappa shape index (κ1) is 17.2. The Hall–Kier alpha value is -1.63. The molecule has 2 aliphatic heterocycles. The number of urea groups is 1. The van der Waals surface area contributed by atoms with Crippen LogP contribution in [-0.4, -0.2) is 78.4 Å². The highest BCUT2D eigenvalue weighted by molar-refractivity contribution is 5.96. The third-order valence-electron chi connectivity index (χ3n) is 5.43. The van der Waals surface area contributed by atoms with Gasteiger partial charge in [0.1, 0.15) is 0 Å². The number of piperazine rings is 1. The average molecular weight is 336 g/mol. The second-order valence-electron chi connectivity index (χ2n) is 7.14. The van der Waals surface area contributed by atoms with Gasteiger partial charge in [-0.2, -0.15) is 0 Å². The first-order chi connectivity index (χ1) is 11.6. The number of carbonyl (C=O) groups is 3. The minimum absolute atomic E-state index is 0.146. The lowest BCUT2D eigenvalue weighted by Gasteiger charge is -2.35. The molecular weight excluding hydrogens is 308 g/mol. The van der Waals surface area contributed by atoms with Gasteiger partial charge in [-0.15, -0.1) is 0 Å². The number of nitrogens with one attached hydrogen (secondary N) is 1. The predicted octanol–water partition coefficient (Wildman–Crippen LogP) is 0.653. The smallest absolute Gasteiger partial charge is 0.324 e. The lowest BCUT2D eigenvalue weighted by Crippen LogP contribution is -2.52. The second-order valence-corrected chi connectivity index (χ2v) is 7.14. The van der Waals surface area contributed by atoms with E-state index in [0.717, 1.165) is 0 Å². The van der Waals surface area contributed by atoms with E-state index in [-0.39, 0.29) is 24.4 Å². The van der Waals surface area contributed by atoms with Crippen LogP contribution in [0.4, 0.5) is 4.79 Å². The lowest BCUT2D eigenvalue weighted by molar-refractivity contribution is -0.135. The number of imide groups is 1. The van der Waals surface area contributed by atoms with Crippen LogP contribution in [0.25, 0.3) is 0 Å². The molecule has 0 aromatic carbocycles.